The number of nitrogens with zero attached hydrogens (tertiary/aromatic N) is 3. The lowest BCUT2D eigenvalue weighted by molar-refractivity contribution is 0.765. The Kier molecular flexibility index (Phi) is 3.44. The summed E-state index contributed by atoms with van der Waals surface area (Å²) < 4.78 is 0. The number of nitrogens with two attached hydrogens (primary N) is 1. The summed E-state index contributed by atoms with van der Waals surface area (Å²) in [6.45, 7) is 0.850. The van der Waals surface area contributed by atoms with Gasteiger partial charge in [-0.15, -0.1) is 11.3 Å². The van der Waals surface area contributed by atoms with Crippen LogP contribution in [-0.2, 0) is 6.54 Å². The van der Waals surface area contributed by atoms with Crippen molar-refractivity contribution in [3.05, 3.63) is 40.3 Å². The molecule has 1 aliphatic carbocycles. The molecule has 2 aromatic rings. The molecule has 4 nitrogen and oxygen atoms in total. The van der Waals surface area contributed by atoms with Crippen molar-refractivity contribution in [3.8, 4) is 0 Å². The van der Waals surface area contributed by atoms with E-state index in [-0.39, 0.29) is 0 Å². The predicted molar refractivity (Wildman–Crippen MR) is 81.4 cm³/mol. The fourth-order valence-corrected chi connectivity index (χ4v) is 2.76. The van der Waals surface area contributed by atoms with Gasteiger partial charge < -0.3 is 10.6 Å². The number of rotatable bonds is 5. The van der Waals surface area contributed by atoms with Crippen molar-refractivity contribution in [1.29, 1.82) is 0 Å². The summed E-state index contributed by atoms with van der Waals surface area (Å²) >= 11 is 6.73. The molecule has 0 aromatic carbocycles. The molecule has 0 atom stereocenters. The molecule has 0 amide bonds. The molecule has 0 unspecified atom stereocenters. The summed E-state index contributed by atoms with van der Waals surface area (Å²) in [5.74, 6) is 0.723. The van der Waals surface area contributed by atoms with E-state index in [1.165, 1.54) is 17.7 Å². The molecule has 2 aromatic heterocycles. The lowest BCUT2D eigenvalue weighted by Crippen LogP contribution is -2.27. The quantitative estimate of drug-likeness (QED) is 0.857. The molecule has 19 heavy (non-hydrogen) atoms. The lowest BCUT2D eigenvalue weighted by Gasteiger charge is -2.21. The summed E-state index contributed by atoms with van der Waals surface area (Å²) in [4.78, 5) is 12.7. The number of hydrogen-bond donors (Lipinski definition) is 1. The van der Waals surface area contributed by atoms with Crippen molar-refractivity contribution in [2.24, 2.45) is 5.73 Å². The zero-order valence-electron chi connectivity index (χ0n) is 10.3. The Balaban J connectivity index is 1.87. The molecular weight excluding hydrogens is 276 g/mol. The van der Waals surface area contributed by atoms with Gasteiger partial charge in [0.1, 0.15) is 10.7 Å². The van der Waals surface area contributed by atoms with Crippen LogP contribution in [0.3, 0.4) is 0 Å². The highest BCUT2D eigenvalue weighted by Gasteiger charge is 2.31. The Morgan fingerprint density at radius 2 is 2.32 bits per heavy atom. The summed E-state index contributed by atoms with van der Waals surface area (Å²) in [5.41, 5.74) is 6.27. The maximum absolute atomic E-state index is 5.64. The largest absolute Gasteiger partial charge is 0.388 e. The van der Waals surface area contributed by atoms with Crippen molar-refractivity contribution >= 4 is 34.5 Å². The van der Waals surface area contributed by atoms with Gasteiger partial charge in [0.05, 0.1) is 6.54 Å². The average molecular weight is 290 g/mol. The van der Waals surface area contributed by atoms with Crippen LogP contribution in [0.4, 0.5) is 5.95 Å². The molecule has 0 radical (unpaired) electrons. The topological polar surface area (TPSA) is 55.0 Å². The van der Waals surface area contributed by atoms with E-state index in [0.717, 1.165) is 12.5 Å². The minimum Gasteiger partial charge on any atom is -0.388 e. The highest BCUT2D eigenvalue weighted by molar-refractivity contribution is 7.80. The van der Waals surface area contributed by atoms with E-state index in [1.807, 2.05) is 0 Å². The Morgan fingerprint density at radius 3 is 2.95 bits per heavy atom. The van der Waals surface area contributed by atoms with Gasteiger partial charge in [-0.2, -0.15) is 0 Å². The lowest BCUT2D eigenvalue weighted by atomic mass is 10.4. The van der Waals surface area contributed by atoms with Crippen LogP contribution in [0.2, 0.25) is 0 Å². The van der Waals surface area contributed by atoms with E-state index in [9.17, 15) is 0 Å². The van der Waals surface area contributed by atoms with E-state index in [0.29, 0.717) is 16.7 Å². The Hall–Kier alpha value is -1.53. The number of thiocarbonyl (C=S) groups is 1. The molecule has 2 heterocycles. The van der Waals surface area contributed by atoms with Gasteiger partial charge in [0, 0.05) is 17.1 Å². The van der Waals surface area contributed by atoms with Crippen LogP contribution in [0.1, 0.15) is 23.4 Å². The van der Waals surface area contributed by atoms with Gasteiger partial charge in [-0.25, -0.2) is 9.97 Å². The molecule has 0 saturated heterocycles. The number of aromatic nitrogens is 2. The van der Waals surface area contributed by atoms with Crippen LogP contribution in [0, 0.1) is 0 Å². The SMILES string of the molecule is NC(=S)c1ccnc(N(Cc2cccs2)C2CC2)n1. The maximum Gasteiger partial charge on any atom is 0.226 e. The second kappa shape index (κ2) is 5.22. The van der Waals surface area contributed by atoms with Crippen molar-refractivity contribution in [3.63, 3.8) is 0 Å². The van der Waals surface area contributed by atoms with Crippen molar-refractivity contribution in [2.75, 3.05) is 4.90 Å². The van der Waals surface area contributed by atoms with E-state index in [2.05, 4.69) is 32.4 Å². The number of anilines is 1. The third-order valence-corrected chi connectivity index (χ3v) is 4.12. The fraction of sp³-hybridized carbons (Fsp3) is 0.308. The third-order valence-electron chi connectivity index (χ3n) is 3.05. The monoisotopic (exact) mass is 290 g/mol. The molecule has 1 aliphatic rings. The van der Waals surface area contributed by atoms with Crippen LogP contribution >= 0.6 is 23.6 Å². The normalized spacial score (nSPS) is 14.3. The smallest absolute Gasteiger partial charge is 0.226 e. The van der Waals surface area contributed by atoms with Crippen LogP contribution in [0.25, 0.3) is 0 Å². The van der Waals surface area contributed by atoms with Gasteiger partial charge >= 0.3 is 0 Å². The minimum atomic E-state index is 0.315. The van der Waals surface area contributed by atoms with Crippen LogP contribution in [-0.4, -0.2) is 21.0 Å². The maximum atomic E-state index is 5.64. The Bertz CT molecular complexity index is 578. The van der Waals surface area contributed by atoms with Crippen LogP contribution < -0.4 is 10.6 Å². The average Bonchev–Trinajstić information content (AvgIpc) is 3.13. The Labute approximate surface area is 121 Å². The summed E-state index contributed by atoms with van der Waals surface area (Å²) in [6, 6.07) is 6.50. The first kappa shape index (κ1) is 12.5. The van der Waals surface area contributed by atoms with Crippen molar-refractivity contribution in [2.45, 2.75) is 25.4 Å². The van der Waals surface area contributed by atoms with E-state index < -0.39 is 0 Å². The fourth-order valence-electron chi connectivity index (χ4n) is 1.94. The minimum absolute atomic E-state index is 0.315. The molecular formula is C13H14N4S2. The van der Waals surface area contributed by atoms with Crippen LogP contribution in [0.5, 0.6) is 0 Å². The zero-order chi connectivity index (χ0) is 13.2. The summed E-state index contributed by atoms with van der Waals surface area (Å²) in [6.07, 6.45) is 4.12. The molecule has 98 valence electrons. The highest BCUT2D eigenvalue weighted by Crippen LogP contribution is 2.31. The Morgan fingerprint density at radius 1 is 1.47 bits per heavy atom. The van der Waals surface area contributed by atoms with E-state index in [1.54, 1.807) is 23.6 Å². The van der Waals surface area contributed by atoms with Gasteiger partial charge in [0.2, 0.25) is 5.95 Å². The molecule has 0 spiro atoms. The van der Waals surface area contributed by atoms with Gasteiger partial charge in [0.15, 0.2) is 0 Å². The number of thiophene rings is 1. The summed E-state index contributed by atoms with van der Waals surface area (Å²) in [5, 5.41) is 2.09. The zero-order valence-corrected chi connectivity index (χ0v) is 12.0. The van der Waals surface area contributed by atoms with Gasteiger partial charge in [-0.05, 0) is 30.4 Å². The third kappa shape index (κ3) is 2.90. The predicted octanol–water partition coefficient (Wildman–Crippen LogP) is 2.34. The second-order valence-corrected chi connectivity index (χ2v) is 6.02. The molecule has 1 fully saturated rings. The molecule has 0 bridgehead atoms. The molecule has 2 N–H and O–H groups in total. The van der Waals surface area contributed by atoms with Crippen LogP contribution in [0.15, 0.2) is 29.8 Å². The molecule has 0 aliphatic heterocycles. The van der Waals surface area contributed by atoms with Gasteiger partial charge in [-0.3, -0.25) is 0 Å². The highest BCUT2D eigenvalue weighted by atomic mass is 32.1. The standard InChI is InChI=1S/C13H14N4S2/c14-12(18)11-5-6-15-13(16-11)17(9-3-4-9)8-10-2-1-7-19-10/h1-2,5-7,9H,3-4,8H2,(H2,14,18). The van der Waals surface area contributed by atoms with Crippen molar-refractivity contribution < 1.29 is 0 Å². The second-order valence-electron chi connectivity index (χ2n) is 4.54. The molecule has 3 rings (SSSR count). The first-order chi connectivity index (χ1) is 9.24. The van der Waals surface area contributed by atoms with Crippen molar-refractivity contribution in [1.82, 2.24) is 9.97 Å². The van der Waals surface area contributed by atoms with Gasteiger partial charge in [0.25, 0.3) is 0 Å². The first-order valence-electron chi connectivity index (χ1n) is 6.16. The first-order valence-corrected chi connectivity index (χ1v) is 7.44. The van der Waals surface area contributed by atoms with E-state index >= 15 is 0 Å². The number of hydrogen-bond acceptors (Lipinski definition) is 5. The molecule has 1 saturated carbocycles. The van der Waals surface area contributed by atoms with Gasteiger partial charge in [-0.1, -0.05) is 18.3 Å². The van der Waals surface area contributed by atoms with E-state index in [4.69, 9.17) is 18.0 Å². The summed E-state index contributed by atoms with van der Waals surface area (Å²) in [7, 11) is 0. The molecule has 6 heteroatoms.